The Morgan fingerprint density at radius 2 is 1.72 bits per heavy atom. The van der Waals surface area contributed by atoms with Crippen LogP contribution in [0.5, 0.6) is 0 Å². The molecule has 0 heterocycles. The number of rotatable bonds is 11. The van der Waals surface area contributed by atoms with Crippen LogP contribution in [-0.2, 0) is 0 Å². The van der Waals surface area contributed by atoms with E-state index in [2.05, 4.69) is 48.0 Å². The summed E-state index contributed by atoms with van der Waals surface area (Å²) in [4.78, 5) is 0. The molecule has 0 rings (SSSR count). The van der Waals surface area contributed by atoms with E-state index in [1.165, 1.54) is 51.4 Å². The van der Waals surface area contributed by atoms with Crippen molar-refractivity contribution in [2.45, 2.75) is 92.9 Å². The molecule has 0 aromatic carbocycles. The standard InChI is InChI=1S/C18H37/c1-7-11-14-18(6,10-4)15-13-16(5)17(9-3)12-8-2/h13,16-17H,7-12,14-15H2,1-6H3. The SMILES string of the molecule is CCCCC(C)(CC)C[CH]C(C)C(CC)CCC. The van der Waals surface area contributed by atoms with Crippen molar-refractivity contribution in [3.8, 4) is 0 Å². The van der Waals surface area contributed by atoms with Gasteiger partial charge in [-0.25, -0.2) is 0 Å². The molecule has 0 heteroatoms. The quantitative estimate of drug-likeness (QED) is 0.387. The second kappa shape index (κ2) is 9.87. The molecule has 0 aliphatic heterocycles. The molecule has 3 atom stereocenters. The highest BCUT2D eigenvalue weighted by Gasteiger charge is 2.24. The summed E-state index contributed by atoms with van der Waals surface area (Å²) in [5, 5.41) is 0. The smallest absolute Gasteiger partial charge is 0.0326 e. The molecule has 0 fully saturated rings. The zero-order chi connectivity index (χ0) is 14.0. The molecule has 0 aliphatic rings. The van der Waals surface area contributed by atoms with E-state index >= 15 is 0 Å². The molecule has 1 radical (unpaired) electrons. The Kier molecular flexibility index (Phi) is 9.87. The van der Waals surface area contributed by atoms with Crippen LogP contribution >= 0.6 is 0 Å². The molecule has 0 aromatic rings. The van der Waals surface area contributed by atoms with Crippen molar-refractivity contribution < 1.29 is 0 Å². The van der Waals surface area contributed by atoms with E-state index in [4.69, 9.17) is 0 Å². The van der Waals surface area contributed by atoms with E-state index in [9.17, 15) is 0 Å². The summed E-state index contributed by atoms with van der Waals surface area (Å²) >= 11 is 0. The summed E-state index contributed by atoms with van der Waals surface area (Å²) in [5.74, 6) is 1.70. The van der Waals surface area contributed by atoms with Crippen LogP contribution in [0.2, 0.25) is 0 Å². The van der Waals surface area contributed by atoms with Crippen LogP contribution < -0.4 is 0 Å². The lowest BCUT2D eigenvalue weighted by Gasteiger charge is -2.31. The van der Waals surface area contributed by atoms with E-state index in [0.29, 0.717) is 5.41 Å². The van der Waals surface area contributed by atoms with Crippen molar-refractivity contribution >= 4 is 0 Å². The fraction of sp³-hybridized carbons (Fsp3) is 0.944. The lowest BCUT2D eigenvalue weighted by atomic mass is 9.74. The highest BCUT2D eigenvalue weighted by Crippen LogP contribution is 2.36. The molecule has 0 aliphatic carbocycles. The van der Waals surface area contributed by atoms with Crippen molar-refractivity contribution in [1.82, 2.24) is 0 Å². The molecule has 109 valence electrons. The van der Waals surface area contributed by atoms with Gasteiger partial charge in [0.25, 0.3) is 0 Å². The minimum atomic E-state index is 0.550. The summed E-state index contributed by atoms with van der Waals surface area (Å²) in [7, 11) is 0. The zero-order valence-electron chi connectivity index (χ0n) is 13.9. The normalized spacial score (nSPS) is 18.3. The van der Waals surface area contributed by atoms with Gasteiger partial charge < -0.3 is 0 Å². The van der Waals surface area contributed by atoms with Gasteiger partial charge in [-0.1, -0.05) is 80.1 Å². The largest absolute Gasteiger partial charge is 0.0654 e. The van der Waals surface area contributed by atoms with Crippen molar-refractivity contribution in [2.24, 2.45) is 17.3 Å². The van der Waals surface area contributed by atoms with Gasteiger partial charge >= 0.3 is 0 Å². The molecule has 0 N–H and O–H groups in total. The Bertz CT molecular complexity index is 184. The summed E-state index contributed by atoms with van der Waals surface area (Å²) < 4.78 is 0. The van der Waals surface area contributed by atoms with Gasteiger partial charge in [0.05, 0.1) is 0 Å². The van der Waals surface area contributed by atoms with E-state index in [0.717, 1.165) is 11.8 Å². The monoisotopic (exact) mass is 253 g/mol. The molecule has 18 heavy (non-hydrogen) atoms. The Morgan fingerprint density at radius 1 is 1.06 bits per heavy atom. The van der Waals surface area contributed by atoms with Gasteiger partial charge in [0.15, 0.2) is 0 Å². The lowest BCUT2D eigenvalue weighted by Crippen LogP contribution is -2.19. The highest BCUT2D eigenvalue weighted by atomic mass is 14.3. The van der Waals surface area contributed by atoms with Gasteiger partial charge in [-0.15, -0.1) is 0 Å². The van der Waals surface area contributed by atoms with Crippen LogP contribution in [0, 0.1) is 23.7 Å². The van der Waals surface area contributed by atoms with Crippen molar-refractivity contribution in [3.05, 3.63) is 6.42 Å². The molecule has 0 nitrogen and oxygen atoms in total. The zero-order valence-corrected chi connectivity index (χ0v) is 13.9. The van der Waals surface area contributed by atoms with Gasteiger partial charge in [-0.05, 0) is 36.5 Å². The van der Waals surface area contributed by atoms with Crippen LogP contribution in [0.4, 0.5) is 0 Å². The van der Waals surface area contributed by atoms with Gasteiger partial charge in [-0.2, -0.15) is 0 Å². The predicted octanol–water partition coefficient (Wildman–Crippen LogP) is 6.65. The topological polar surface area (TPSA) is 0 Å². The van der Waals surface area contributed by atoms with Crippen LogP contribution in [0.15, 0.2) is 0 Å². The maximum absolute atomic E-state index is 2.63. The Hall–Kier alpha value is 0. The Balaban J connectivity index is 4.16. The summed E-state index contributed by atoms with van der Waals surface area (Å²) in [5.41, 5.74) is 0.550. The molecule has 0 spiro atoms. The van der Waals surface area contributed by atoms with Gasteiger partial charge in [-0.3, -0.25) is 0 Å². The fourth-order valence-electron chi connectivity index (χ4n) is 2.90. The van der Waals surface area contributed by atoms with Crippen LogP contribution in [0.3, 0.4) is 0 Å². The maximum Gasteiger partial charge on any atom is -0.0326 e. The van der Waals surface area contributed by atoms with Crippen molar-refractivity contribution in [3.63, 3.8) is 0 Å². The lowest BCUT2D eigenvalue weighted by molar-refractivity contribution is 0.247. The van der Waals surface area contributed by atoms with E-state index in [-0.39, 0.29) is 0 Å². The first-order valence-corrected chi connectivity index (χ1v) is 8.36. The van der Waals surface area contributed by atoms with Crippen LogP contribution in [0.1, 0.15) is 92.9 Å². The minimum absolute atomic E-state index is 0.550. The van der Waals surface area contributed by atoms with Crippen molar-refractivity contribution in [2.75, 3.05) is 0 Å². The number of unbranched alkanes of at least 4 members (excludes halogenated alkanes) is 1. The van der Waals surface area contributed by atoms with Gasteiger partial charge in [0.2, 0.25) is 0 Å². The molecule has 0 bridgehead atoms. The molecule has 0 aromatic heterocycles. The average Bonchev–Trinajstić information content (AvgIpc) is 2.39. The molecular formula is C18H37. The molecule has 0 saturated carbocycles. The third-order valence-corrected chi connectivity index (χ3v) is 4.90. The minimum Gasteiger partial charge on any atom is -0.0654 e. The summed E-state index contributed by atoms with van der Waals surface area (Å²) in [6, 6.07) is 0. The summed E-state index contributed by atoms with van der Waals surface area (Å²) in [6.45, 7) is 14.2. The summed E-state index contributed by atoms with van der Waals surface area (Å²) in [6.07, 6.45) is 13.4. The van der Waals surface area contributed by atoms with Crippen LogP contribution in [0.25, 0.3) is 0 Å². The highest BCUT2D eigenvalue weighted by molar-refractivity contribution is 4.86. The molecule has 0 saturated heterocycles. The molecule has 0 amide bonds. The molecular weight excluding hydrogens is 216 g/mol. The third-order valence-electron chi connectivity index (χ3n) is 4.90. The second-order valence-electron chi connectivity index (χ2n) is 6.52. The van der Waals surface area contributed by atoms with Crippen LogP contribution in [-0.4, -0.2) is 0 Å². The first-order chi connectivity index (χ1) is 8.52. The first kappa shape index (κ1) is 18.0. The number of hydrogen-bond acceptors (Lipinski definition) is 0. The Labute approximate surface area is 117 Å². The maximum atomic E-state index is 2.63. The number of hydrogen-bond donors (Lipinski definition) is 0. The van der Waals surface area contributed by atoms with E-state index < -0.39 is 0 Å². The van der Waals surface area contributed by atoms with Crippen molar-refractivity contribution in [1.29, 1.82) is 0 Å². The van der Waals surface area contributed by atoms with Gasteiger partial charge in [0, 0.05) is 0 Å². The van der Waals surface area contributed by atoms with E-state index in [1.54, 1.807) is 0 Å². The van der Waals surface area contributed by atoms with Gasteiger partial charge in [0.1, 0.15) is 0 Å². The van der Waals surface area contributed by atoms with E-state index in [1.807, 2.05) is 0 Å². The first-order valence-electron chi connectivity index (χ1n) is 8.36. The third kappa shape index (κ3) is 6.81. The predicted molar refractivity (Wildman–Crippen MR) is 84.7 cm³/mol. The Morgan fingerprint density at radius 3 is 2.17 bits per heavy atom. The fourth-order valence-corrected chi connectivity index (χ4v) is 2.90. The second-order valence-corrected chi connectivity index (χ2v) is 6.52. The average molecular weight is 253 g/mol. The molecule has 3 unspecified atom stereocenters.